The van der Waals surface area contributed by atoms with Gasteiger partial charge in [0, 0.05) is 6.20 Å². The van der Waals surface area contributed by atoms with E-state index in [2.05, 4.69) is 4.98 Å². The lowest BCUT2D eigenvalue weighted by Crippen LogP contribution is -2.16. The third-order valence-corrected chi connectivity index (χ3v) is 1.95. The van der Waals surface area contributed by atoms with Gasteiger partial charge in [0.1, 0.15) is 11.2 Å². The molecule has 0 radical (unpaired) electrons. The summed E-state index contributed by atoms with van der Waals surface area (Å²) in [5.74, 6) is -1.08. The summed E-state index contributed by atoms with van der Waals surface area (Å²) in [5.41, 5.74) is 3.07. The molecule has 7 heteroatoms. The largest absolute Gasteiger partial charge is 0.366 e. The van der Waals surface area contributed by atoms with Gasteiger partial charge < -0.3 is 5.73 Å². The van der Waals surface area contributed by atoms with Gasteiger partial charge in [-0.25, -0.2) is 13.8 Å². The zero-order chi connectivity index (χ0) is 11.6. The van der Waals surface area contributed by atoms with Crippen LogP contribution in [0.25, 0.3) is 0 Å². The highest BCUT2D eigenvalue weighted by atomic mass is 35.5. The van der Waals surface area contributed by atoms with Crippen molar-refractivity contribution in [1.29, 1.82) is 5.26 Å². The van der Waals surface area contributed by atoms with Gasteiger partial charge in [-0.1, -0.05) is 11.6 Å². The molecule has 1 aromatic rings. The summed E-state index contributed by atoms with van der Waals surface area (Å²) in [4.78, 5) is 14.2. The fraction of sp³-hybridized carbons (Fsp3) is 0.125. The van der Waals surface area contributed by atoms with Crippen molar-refractivity contribution in [2.24, 2.45) is 5.73 Å². The Hall–Kier alpha value is -1.74. The number of aromatic nitrogens is 1. The smallest absolute Gasteiger partial charge is 0.266 e. The average Bonchev–Trinajstić information content (AvgIpc) is 2.16. The van der Waals surface area contributed by atoms with Crippen molar-refractivity contribution >= 4 is 17.5 Å². The summed E-state index contributed by atoms with van der Waals surface area (Å²) in [6, 6.07) is 1.46. The SMILES string of the molecule is N#Cc1c(Cl)ncc(C(N)=O)c1C(F)F. The van der Waals surface area contributed by atoms with E-state index in [-0.39, 0.29) is 5.15 Å². The predicted octanol–water partition coefficient (Wildman–Crippen LogP) is 1.64. The fourth-order valence-corrected chi connectivity index (χ4v) is 1.22. The minimum Gasteiger partial charge on any atom is -0.366 e. The number of rotatable bonds is 2. The van der Waals surface area contributed by atoms with Gasteiger partial charge in [0.05, 0.1) is 16.7 Å². The van der Waals surface area contributed by atoms with Crippen molar-refractivity contribution in [2.75, 3.05) is 0 Å². The third kappa shape index (κ3) is 2.02. The lowest BCUT2D eigenvalue weighted by Gasteiger charge is -2.07. The van der Waals surface area contributed by atoms with Gasteiger partial charge in [-0.15, -0.1) is 0 Å². The van der Waals surface area contributed by atoms with Crippen LogP contribution in [0.4, 0.5) is 8.78 Å². The summed E-state index contributed by atoms with van der Waals surface area (Å²) in [6.07, 6.45) is -2.19. The number of halogens is 3. The molecule has 1 amide bonds. The molecule has 0 aliphatic rings. The summed E-state index contributed by atoms with van der Waals surface area (Å²) in [6.45, 7) is 0. The van der Waals surface area contributed by atoms with Crippen molar-refractivity contribution in [3.8, 4) is 6.07 Å². The first-order chi connectivity index (χ1) is 6.99. The van der Waals surface area contributed by atoms with Gasteiger partial charge >= 0.3 is 0 Å². The number of hydrogen-bond acceptors (Lipinski definition) is 3. The Morgan fingerprint density at radius 3 is 2.67 bits per heavy atom. The third-order valence-electron chi connectivity index (χ3n) is 1.67. The Morgan fingerprint density at radius 2 is 2.27 bits per heavy atom. The normalized spacial score (nSPS) is 10.1. The van der Waals surface area contributed by atoms with Gasteiger partial charge in [0.15, 0.2) is 0 Å². The van der Waals surface area contributed by atoms with Crippen LogP contribution in [0.2, 0.25) is 5.15 Å². The van der Waals surface area contributed by atoms with Crippen LogP contribution in [0.1, 0.15) is 27.9 Å². The van der Waals surface area contributed by atoms with Gasteiger partial charge in [0.2, 0.25) is 0 Å². The fourth-order valence-electron chi connectivity index (χ4n) is 1.03. The number of hydrogen-bond donors (Lipinski definition) is 1. The average molecular weight is 232 g/mol. The molecule has 0 unspecified atom stereocenters. The minimum atomic E-state index is -3.01. The van der Waals surface area contributed by atoms with E-state index in [9.17, 15) is 13.6 Å². The molecule has 0 aromatic carbocycles. The summed E-state index contributed by atoms with van der Waals surface area (Å²) >= 11 is 5.43. The van der Waals surface area contributed by atoms with Gasteiger partial charge in [-0.3, -0.25) is 4.79 Å². The molecule has 0 aliphatic carbocycles. The van der Waals surface area contributed by atoms with Crippen molar-refractivity contribution in [2.45, 2.75) is 6.43 Å². The number of primary amides is 1. The molecular formula is C8H4ClF2N3O. The second-order valence-electron chi connectivity index (χ2n) is 2.53. The van der Waals surface area contributed by atoms with Crippen LogP contribution in [0.15, 0.2) is 6.20 Å². The van der Waals surface area contributed by atoms with Crippen LogP contribution in [0, 0.1) is 11.3 Å². The molecule has 15 heavy (non-hydrogen) atoms. The molecule has 0 aliphatic heterocycles. The van der Waals surface area contributed by atoms with E-state index >= 15 is 0 Å². The number of pyridine rings is 1. The van der Waals surface area contributed by atoms with Crippen LogP contribution < -0.4 is 5.73 Å². The maximum atomic E-state index is 12.6. The maximum absolute atomic E-state index is 12.6. The molecule has 0 saturated heterocycles. The molecule has 0 fully saturated rings. The first kappa shape index (κ1) is 11.3. The predicted molar refractivity (Wildman–Crippen MR) is 47.4 cm³/mol. The number of carbonyl (C=O) groups excluding carboxylic acids is 1. The Labute approximate surface area is 88.3 Å². The van der Waals surface area contributed by atoms with Crippen molar-refractivity contribution in [3.63, 3.8) is 0 Å². The Bertz CT molecular complexity index is 456. The molecule has 1 heterocycles. The van der Waals surface area contributed by atoms with Crippen LogP contribution in [-0.2, 0) is 0 Å². The molecule has 0 spiro atoms. The highest BCUT2D eigenvalue weighted by Gasteiger charge is 2.23. The van der Waals surface area contributed by atoms with E-state index in [4.69, 9.17) is 22.6 Å². The van der Waals surface area contributed by atoms with Crippen LogP contribution >= 0.6 is 11.6 Å². The van der Waals surface area contributed by atoms with E-state index in [1.165, 1.54) is 6.07 Å². The molecule has 0 bridgehead atoms. The first-order valence-electron chi connectivity index (χ1n) is 3.65. The number of nitrogens with zero attached hydrogens (tertiary/aromatic N) is 2. The molecule has 1 rings (SSSR count). The van der Waals surface area contributed by atoms with E-state index in [0.29, 0.717) is 0 Å². The van der Waals surface area contributed by atoms with Crippen LogP contribution in [-0.4, -0.2) is 10.9 Å². The first-order valence-corrected chi connectivity index (χ1v) is 4.03. The lowest BCUT2D eigenvalue weighted by molar-refractivity contribution is 0.0985. The van der Waals surface area contributed by atoms with Gasteiger partial charge in [-0.05, 0) is 0 Å². The van der Waals surface area contributed by atoms with E-state index < -0.39 is 29.0 Å². The Morgan fingerprint density at radius 1 is 1.67 bits per heavy atom. The van der Waals surface area contributed by atoms with E-state index in [0.717, 1.165) is 6.20 Å². The summed E-state index contributed by atoms with van der Waals surface area (Å²) in [5, 5.41) is 8.22. The monoisotopic (exact) mass is 231 g/mol. The molecule has 0 saturated carbocycles. The second-order valence-corrected chi connectivity index (χ2v) is 2.89. The zero-order valence-electron chi connectivity index (χ0n) is 7.17. The van der Waals surface area contributed by atoms with Gasteiger partial charge in [-0.2, -0.15) is 5.26 Å². The van der Waals surface area contributed by atoms with Crippen molar-refractivity contribution in [1.82, 2.24) is 4.98 Å². The second kappa shape index (κ2) is 4.19. The quantitative estimate of drug-likeness (QED) is 0.786. The van der Waals surface area contributed by atoms with E-state index in [1.807, 2.05) is 0 Å². The topological polar surface area (TPSA) is 79.8 Å². The number of nitriles is 1. The van der Waals surface area contributed by atoms with Crippen molar-refractivity contribution in [3.05, 3.63) is 28.0 Å². The van der Waals surface area contributed by atoms with Crippen LogP contribution in [0.3, 0.4) is 0 Å². The highest BCUT2D eigenvalue weighted by Crippen LogP contribution is 2.29. The Balaban J connectivity index is 3.58. The minimum absolute atomic E-state index is 0.377. The standard InChI is InChI=1S/C8H4ClF2N3O/c9-6-3(1-12)5(7(10)11)4(2-14-6)8(13)15/h2,7H,(H2,13,15). The number of amides is 1. The molecular weight excluding hydrogens is 228 g/mol. The number of nitrogens with two attached hydrogens (primary N) is 1. The maximum Gasteiger partial charge on any atom is 0.266 e. The van der Waals surface area contributed by atoms with Gasteiger partial charge in [0.25, 0.3) is 12.3 Å². The summed E-state index contributed by atoms with van der Waals surface area (Å²) < 4.78 is 25.1. The lowest BCUT2D eigenvalue weighted by atomic mass is 10.1. The van der Waals surface area contributed by atoms with Crippen molar-refractivity contribution < 1.29 is 13.6 Å². The molecule has 1 aromatic heterocycles. The molecule has 4 nitrogen and oxygen atoms in total. The number of carbonyl (C=O) groups is 1. The molecule has 0 atom stereocenters. The summed E-state index contributed by atoms with van der Waals surface area (Å²) in [7, 11) is 0. The van der Waals surface area contributed by atoms with Crippen LogP contribution in [0.5, 0.6) is 0 Å². The highest BCUT2D eigenvalue weighted by molar-refractivity contribution is 6.30. The number of alkyl halides is 2. The molecule has 2 N–H and O–H groups in total. The zero-order valence-corrected chi connectivity index (χ0v) is 7.92. The Kier molecular flexibility index (Phi) is 3.17. The van der Waals surface area contributed by atoms with E-state index in [1.54, 1.807) is 0 Å². The molecule has 78 valence electrons.